The Morgan fingerprint density at radius 2 is 1.85 bits per heavy atom. The highest BCUT2D eigenvalue weighted by atomic mass is 32.2. The molecule has 2 aromatic rings. The molecule has 140 valence electrons. The summed E-state index contributed by atoms with van der Waals surface area (Å²) in [4.78, 5) is 4.54. The second-order valence-corrected chi connectivity index (χ2v) is 8.35. The molecule has 1 aliphatic heterocycles. The predicted molar refractivity (Wildman–Crippen MR) is 102 cm³/mol. The van der Waals surface area contributed by atoms with Crippen LogP contribution in [0.1, 0.15) is 30.5 Å². The zero-order valence-electron chi connectivity index (χ0n) is 15.2. The topological polar surface area (TPSA) is 71.5 Å². The fourth-order valence-electron chi connectivity index (χ4n) is 2.95. The number of benzene rings is 1. The molecule has 1 N–H and O–H groups in total. The molecule has 1 saturated heterocycles. The number of hydrogen-bond donors (Lipinski definition) is 1. The molecule has 2 heterocycles. The highest BCUT2D eigenvalue weighted by molar-refractivity contribution is 7.89. The number of aromatic nitrogens is 1. The largest absolute Gasteiger partial charge is 0.379 e. The van der Waals surface area contributed by atoms with Crippen molar-refractivity contribution in [1.29, 1.82) is 0 Å². The normalized spacial score (nSPS) is 17.0. The molecule has 1 aromatic carbocycles. The minimum Gasteiger partial charge on any atom is -0.379 e. The Bertz CT molecular complexity index is 814. The third-order valence-electron chi connectivity index (χ3n) is 4.55. The number of nitrogens with one attached hydrogen (secondary N) is 1. The monoisotopic (exact) mass is 375 g/mol. The summed E-state index contributed by atoms with van der Waals surface area (Å²) >= 11 is 0. The van der Waals surface area contributed by atoms with Gasteiger partial charge < -0.3 is 10.1 Å². The zero-order chi connectivity index (χ0) is 18.6. The molecule has 0 radical (unpaired) electrons. The number of ether oxygens (including phenoxy) is 1. The van der Waals surface area contributed by atoms with E-state index in [1.807, 2.05) is 0 Å². The van der Waals surface area contributed by atoms with Crippen molar-refractivity contribution in [3.8, 4) is 0 Å². The van der Waals surface area contributed by atoms with Crippen molar-refractivity contribution in [2.75, 3.05) is 31.6 Å². The maximum Gasteiger partial charge on any atom is 0.244 e. The standard InChI is InChI=1S/C19H25N3O3S/c1-3-18(16-6-4-15(2)5-7-16)21-19-9-8-17(14-20-19)26(23,24)22-10-12-25-13-11-22/h4-9,14,18H,3,10-13H2,1-2H3,(H,20,21)/t18-/m1/s1. The summed E-state index contributed by atoms with van der Waals surface area (Å²) in [5.41, 5.74) is 2.41. The average molecular weight is 375 g/mol. The first-order valence-electron chi connectivity index (χ1n) is 8.88. The number of morpholine rings is 1. The van der Waals surface area contributed by atoms with Crippen molar-refractivity contribution in [2.45, 2.75) is 31.2 Å². The van der Waals surface area contributed by atoms with Crippen LogP contribution in [0.15, 0.2) is 47.5 Å². The van der Waals surface area contributed by atoms with Gasteiger partial charge >= 0.3 is 0 Å². The summed E-state index contributed by atoms with van der Waals surface area (Å²) in [6.45, 7) is 5.80. The van der Waals surface area contributed by atoms with E-state index in [1.165, 1.54) is 21.6 Å². The number of pyridine rings is 1. The molecule has 6 nitrogen and oxygen atoms in total. The van der Waals surface area contributed by atoms with Gasteiger partial charge in [-0.25, -0.2) is 13.4 Å². The fourth-order valence-corrected chi connectivity index (χ4v) is 4.31. The molecule has 7 heteroatoms. The van der Waals surface area contributed by atoms with E-state index in [0.29, 0.717) is 32.1 Å². The number of hydrogen-bond acceptors (Lipinski definition) is 5. The van der Waals surface area contributed by atoms with E-state index in [2.05, 4.69) is 48.4 Å². The Morgan fingerprint density at radius 1 is 1.15 bits per heavy atom. The first-order chi connectivity index (χ1) is 12.5. The summed E-state index contributed by atoms with van der Waals surface area (Å²) in [7, 11) is -3.51. The van der Waals surface area contributed by atoms with Crippen LogP contribution in [0, 0.1) is 6.92 Å². The minimum atomic E-state index is -3.51. The molecule has 0 bridgehead atoms. The van der Waals surface area contributed by atoms with Crippen LogP contribution >= 0.6 is 0 Å². The van der Waals surface area contributed by atoms with Gasteiger partial charge in [-0.1, -0.05) is 36.8 Å². The molecular formula is C19H25N3O3S. The summed E-state index contributed by atoms with van der Waals surface area (Å²) < 4.78 is 32.0. The van der Waals surface area contributed by atoms with E-state index in [-0.39, 0.29) is 10.9 Å². The van der Waals surface area contributed by atoms with Crippen molar-refractivity contribution < 1.29 is 13.2 Å². The SMILES string of the molecule is CC[C@@H](Nc1ccc(S(=O)(=O)N2CCOCC2)cn1)c1ccc(C)cc1. The smallest absolute Gasteiger partial charge is 0.244 e. The molecule has 1 aromatic heterocycles. The summed E-state index contributed by atoms with van der Waals surface area (Å²) in [5, 5.41) is 3.38. The Labute approximate surface area is 155 Å². The van der Waals surface area contributed by atoms with Gasteiger partial charge in [-0.15, -0.1) is 0 Å². The molecule has 0 aliphatic carbocycles. The number of nitrogens with zero attached hydrogens (tertiary/aromatic N) is 2. The lowest BCUT2D eigenvalue weighted by Crippen LogP contribution is -2.40. The van der Waals surface area contributed by atoms with E-state index < -0.39 is 10.0 Å². The Kier molecular flexibility index (Phi) is 5.90. The van der Waals surface area contributed by atoms with Gasteiger partial charge in [0.2, 0.25) is 10.0 Å². The molecule has 0 saturated carbocycles. The average Bonchev–Trinajstić information content (AvgIpc) is 2.68. The fraction of sp³-hybridized carbons (Fsp3) is 0.421. The van der Waals surface area contributed by atoms with Gasteiger partial charge in [-0.3, -0.25) is 0 Å². The number of rotatable bonds is 6. The van der Waals surface area contributed by atoms with E-state index in [9.17, 15) is 8.42 Å². The lowest BCUT2D eigenvalue weighted by atomic mass is 10.0. The van der Waals surface area contributed by atoms with Crippen LogP contribution < -0.4 is 5.32 Å². The molecule has 1 atom stereocenters. The summed E-state index contributed by atoms with van der Waals surface area (Å²) in [5.74, 6) is 0.665. The van der Waals surface area contributed by atoms with Gasteiger partial charge in [0.05, 0.1) is 19.3 Å². The van der Waals surface area contributed by atoms with Crippen LogP contribution in [-0.4, -0.2) is 44.0 Å². The molecule has 1 aliphatic rings. The van der Waals surface area contributed by atoms with Gasteiger partial charge in [0.25, 0.3) is 0 Å². The van der Waals surface area contributed by atoms with Crippen LogP contribution in [0.4, 0.5) is 5.82 Å². The van der Waals surface area contributed by atoms with Crippen molar-refractivity contribution >= 4 is 15.8 Å². The summed E-state index contributed by atoms with van der Waals surface area (Å²) in [6.07, 6.45) is 2.33. The first-order valence-corrected chi connectivity index (χ1v) is 10.3. The van der Waals surface area contributed by atoms with E-state index in [0.717, 1.165) is 6.42 Å². The van der Waals surface area contributed by atoms with E-state index in [1.54, 1.807) is 12.1 Å². The van der Waals surface area contributed by atoms with Gasteiger partial charge in [0.1, 0.15) is 10.7 Å². The van der Waals surface area contributed by atoms with Gasteiger partial charge in [0.15, 0.2) is 0 Å². The highest BCUT2D eigenvalue weighted by Crippen LogP contribution is 2.23. The predicted octanol–water partition coefficient (Wildman–Crippen LogP) is 2.97. The van der Waals surface area contributed by atoms with Crippen LogP contribution in [-0.2, 0) is 14.8 Å². The van der Waals surface area contributed by atoms with Crippen LogP contribution in [0.25, 0.3) is 0 Å². The number of anilines is 1. The third kappa shape index (κ3) is 4.23. The van der Waals surface area contributed by atoms with E-state index in [4.69, 9.17) is 4.74 Å². The van der Waals surface area contributed by atoms with Gasteiger partial charge in [-0.2, -0.15) is 4.31 Å². The molecule has 0 spiro atoms. The quantitative estimate of drug-likeness (QED) is 0.840. The molecule has 26 heavy (non-hydrogen) atoms. The van der Waals surface area contributed by atoms with Gasteiger partial charge in [0, 0.05) is 19.3 Å². The lowest BCUT2D eigenvalue weighted by Gasteiger charge is -2.26. The molecule has 0 unspecified atom stereocenters. The molecule has 1 fully saturated rings. The minimum absolute atomic E-state index is 0.129. The molecule has 3 rings (SSSR count). The number of aryl methyl sites for hydroxylation is 1. The van der Waals surface area contributed by atoms with Crippen LogP contribution in [0.3, 0.4) is 0 Å². The van der Waals surface area contributed by atoms with Crippen molar-refractivity contribution in [2.24, 2.45) is 0 Å². The van der Waals surface area contributed by atoms with Crippen molar-refractivity contribution in [1.82, 2.24) is 9.29 Å². The molecule has 0 amide bonds. The highest BCUT2D eigenvalue weighted by Gasteiger charge is 2.26. The van der Waals surface area contributed by atoms with Gasteiger partial charge in [-0.05, 0) is 31.0 Å². The van der Waals surface area contributed by atoms with E-state index >= 15 is 0 Å². The maximum atomic E-state index is 12.6. The Hall–Kier alpha value is -1.96. The second kappa shape index (κ2) is 8.16. The second-order valence-electron chi connectivity index (χ2n) is 6.41. The van der Waals surface area contributed by atoms with Crippen molar-refractivity contribution in [3.05, 3.63) is 53.7 Å². The van der Waals surface area contributed by atoms with Crippen LogP contribution in [0.5, 0.6) is 0 Å². The summed E-state index contributed by atoms with van der Waals surface area (Å²) in [6, 6.07) is 11.9. The van der Waals surface area contributed by atoms with Crippen LogP contribution in [0.2, 0.25) is 0 Å². The first kappa shape index (κ1) is 18.8. The Morgan fingerprint density at radius 3 is 2.42 bits per heavy atom. The molecular weight excluding hydrogens is 350 g/mol. The Balaban J connectivity index is 1.73. The lowest BCUT2D eigenvalue weighted by molar-refractivity contribution is 0.0730. The third-order valence-corrected chi connectivity index (χ3v) is 6.44. The number of sulfonamides is 1. The zero-order valence-corrected chi connectivity index (χ0v) is 16.0. The van der Waals surface area contributed by atoms with Crippen molar-refractivity contribution in [3.63, 3.8) is 0 Å². The maximum absolute atomic E-state index is 12.6.